The largest absolute Gasteiger partial charge is 0.329 e. The summed E-state index contributed by atoms with van der Waals surface area (Å²) in [6.45, 7) is 6.49. The van der Waals surface area contributed by atoms with Gasteiger partial charge in [-0.1, -0.05) is 0 Å². The van der Waals surface area contributed by atoms with E-state index in [9.17, 15) is 9.59 Å². The van der Waals surface area contributed by atoms with Gasteiger partial charge < -0.3 is 4.90 Å². The van der Waals surface area contributed by atoms with Crippen LogP contribution in [0.3, 0.4) is 0 Å². The summed E-state index contributed by atoms with van der Waals surface area (Å²) in [6.07, 6.45) is 0.123. The number of Topliss-reactive ketones (excluding diaryl/α,β-unsaturated/α-hetero) is 1. The van der Waals surface area contributed by atoms with E-state index in [0.717, 1.165) is 13.1 Å². The van der Waals surface area contributed by atoms with Crippen LogP contribution >= 0.6 is 0 Å². The van der Waals surface area contributed by atoms with Crippen molar-refractivity contribution in [3.8, 4) is 0 Å². The number of amides is 1. The third kappa shape index (κ3) is 1.54. The van der Waals surface area contributed by atoms with Crippen molar-refractivity contribution in [3.63, 3.8) is 0 Å². The molecule has 0 N–H and O–H groups in total. The highest BCUT2D eigenvalue weighted by Gasteiger charge is 2.39. The number of ketones is 1. The molecule has 0 aliphatic carbocycles. The van der Waals surface area contributed by atoms with Gasteiger partial charge in [0.1, 0.15) is 0 Å². The Balaban J connectivity index is 1.88. The molecule has 2 aliphatic heterocycles. The van der Waals surface area contributed by atoms with Crippen LogP contribution in [0, 0.1) is 0 Å². The first-order chi connectivity index (χ1) is 6.58. The van der Waals surface area contributed by atoms with Gasteiger partial charge >= 0.3 is 0 Å². The zero-order chi connectivity index (χ0) is 10.3. The molecule has 0 spiro atoms. The number of carbonyl (C=O) groups is 2. The van der Waals surface area contributed by atoms with Gasteiger partial charge in [0.25, 0.3) is 0 Å². The average molecular weight is 196 g/mol. The molecule has 0 aromatic carbocycles. The average Bonchev–Trinajstić information content (AvgIpc) is 2.26. The van der Waals surface area contributed by atoms with E-state index in [1.807, 2.05) is 0 Å². The molecule has 0 atom stereocenters. The molecule has 4 nitrogen and oxygen atoms in total. The highest BCUT2D eigenvalue weighted by molar-refractivity contribution is 6.05. The van der Waals surface area contributed by atoms with Crippen molar-refractivity contribution < 1.29 is 9.59 Å². The summed E-state index contributed by atoms with van der Waals surface area (Å²) in [5.41, 5.74) is 0. The Kier molecular flexibility index (Phi) is 2.31. The van der Waals surface area contributed by atoms with Crippen LogP contribution in [0.4, 0.5) is 0 Å². The number of hydrogen-bond donors (Lipinski definition) is 0. The van der Waals surface area contributed by atoms with Crippen LogP contribution in [0.5, 0.6) is 0 Å². The molecular formula is C10H16N2O2. The molecule has 1 amide bonds. The summed E-state index contributed by atoms with van der Waals surface area (Å²) in [7, 11) is 0. The maximum Gasteiger partial charge on any atom is 0.230 e. The van der Waals surface area contributed by atoms with Crippen molar-refractivity contribution in [1.82, 2.24) is 9.80 Å². The lowest BCUT2D eigenvalue weighted by molar-refractivity contribution is -0.133. The minimum Gasteiger partial charge on any atom is -0.329 e. The predicted octanol–water partition coefficient (Wildman–Crippen LogP) is -0.120. The summed E-state index contributed by atoms with van der Waals surface area (Å²) < 4.78 is 0. The van der Waals surface area contributed by atoms with Gasteiger partial charge in [-0.15, -0.1) is 0 Å². The minimum atomic E-state index is 0.0170. The SMILES string of the molecule is CC(C)N1CC(N2CC(=O)CC2=O)C1. The van der Waals surface area contributed by atoms with Crippen LogP contribution in [0.1, 0.15) is 20.3 Å². The molecule has 0 aromatic rings. The number of nitrogens with zero attached hydrogens (tertiary/aromatic N) is 2. The molecule has 2 saturated heterocycles. The maximum absolute atomic E-state index is 11.4. The lowest BCUT2D eigenvalue weighted by Gasteiger charge is -2.45. The van der Waals surface area contributed by atoms with Crippen molar-refractivity contribution in [2.45, 2.75) is 32.4 Å². The Bertz CT molecular complexity index is 269. The Morgan fingerprint density at radius 1 is 1.29 bits per heavy atom. The molecule has 14 heavy (non-hydrogen) atoms. The molecule has 0 unspecified atom stereocenters. The van der Waals surface area contributed by atoms with Crippen molar-refractivity contribution in [2.75, 3.05) is 19.6 Å². The summed E-state index contributed by atoms with van der Waals surface area (Å²) in [5.74, 6) is 0.0846. The second kappa shape index (κ2) is 3.35. The lowest BCUT2D eigenvalue weighted by Crippen LogP contribution is -2.61. The van der Waals surface area contributed by atoms with Gasteiger partial charge in [0.2, 0.25) is 5.91 Å². The van der Waals surface area contributed by atoms with Crippen LogP contribution in [0.2, 0.25) is 0 Å². The molecule has 0 bridgehead atoms. The summed E-state index contributed by atoms with van der Waals surface area (Å²) in [5, 5.41) is 0. The van der Waals surface area contributed by atoms with Gasteiger partial charge in [-0.25, -0.2) is 0 Å². The fourth-order valence-electron chi connectivity index (χ4n) is 2.04. The van der Waals surface area contributed by atoms with Gasteiger partial charge in [0.15, 0.2) is 5.78 Å². The van der Waals surface area contributed by atoms with E-state index < -0.39 is 0 Å². The highest BCUT2D eigenvalue weighted by Crippen LogP contribution is 2.21. The lowest BCUT2D eigenvalue weighted by atomic mass is 10.1. The van der Waals surface area contributed by atoms with Crippen LogP contribution < -0.4 is 0 Å². The summed E-state index contributed by atoms with van der Waals surface area (Å²) in [6, 6.07) is 0.830. The van der Waals surface area contributed by atoms with E-state index in [1.165, 1.54) is 0 Å². The molecule has 2 rings (SSSR count). The number of likely N-dealkylation sites (tertiary alicyclic amines) is 2. The van der Waals surface area contributed by atoms with Gasteiger partial charge in [-0.3, -0.25) is 14.5 Å². The third-order valence-corrected chi connectivity index (χ3v) is 3.08. The fourth-order valence-corrected chi connectivity index (χ4v) is 2.04. The van der Waals surface area contributed by atoms with E-state index in [4.69, 9.17) is 0 Å². The van der Waals surface area contributed by atoms with Crippen LogP contribution in [-0.2, 0) is 9.59 Å². The van der Waals surface area contributed by atoms with Crippen molar-refractivity contribution in [1.29, 1.82) is 0 Å². The number of hydrogen-bond acceptors (Lipinski definition) is 3. The highest BCUT2D eigenvalue weighted by atomic mass is 16.2. The first-order valence-corrected chi connectivity index (χ1v) is 5.13. The standard InChI is InChI=1S/C10H16N2O2/c1-7(2)11-4-8(5-11)12-6-9(13)3-10(12)14/h7-8H,3-6H2,1-2H3. The van der Waals surface area contributed by atoms with E-state index in [2.05, 4.69) is 18.7 Å². The van der Waals surface area contributed by atoms with Crippen LogP contribution in [0.25, 0.3) is 0 Å². The second-order valence-corrected chi connectivity index (χ2v) is 4.44. The van der Waals surface area contributed by atoms with Gasteiger partial charge in [-0.2, -0.15) is 0 Å². The molecule has 0 aromatic heterocycles. The smallest absolute Gasteiger partial charge is 0.230 e. The summed E-state index contributed by atoms with van der Waals surface area (Å²) in [4.78, 5) is 26.5. The van der Waals surface area contributed by atoms with Crippen LogP contribution in [0.15, 0.2) is 0 Å². The molecular weight excluding hydrogens is 180 g/mol. The van der Waals surface area contributed by atoms with Crippen LogP contribution in [-0.4, -0.2) is 53.2 Å². The molecule has 2 fully saturated rings. The first-order valence-electron chi connectivity index (χ1n) is 5.13. The number of carbonyl (C=O) groups excluding carboxylic acids is 2. The molecule has 0 saturated carbocycles. The maximum atomic E-state index is 11.4. The normalized spacial score (nSPS) is 24.9. The Hall–Kier alpha value is -0.900. The van der Waals surface area contributed by atoms with Gasteiger partial charge in [0.05, 0.1) is 19.0 Å². The zero-order valence-corrected chi connectivity index (χ0v) is 8.69. The minimum absolute atomic E-state index is 0.0170. The van der Waals surface area contributed by atoms with Gasteiger partial charge in [-0.05, 0) is 13.8 Å². The van der Waals surface area contributed by atoms with E-state index in [0.29, 0.717) is 12.6 Å². The topological polar surface area (TPSA) is 40.6 Å². The van der Waals surface area contributed by atoms with E-state index in [1.54, 1.807) is 4.90 Å². The molecule has 78 valence electrons. The Labute approximate surface area is 83.9 Å². The Morgan fingerprint density at radius 3 is 2.36 bits per heavy atom. The first kappa shape index (κ1) is 9.65. The quantitative estimate of drug-likeness (QED) is 0.578. The van der Waals surface area contributed by atoms with Gasteiger partial charge in [0, 0.05) is 19.1 Å². The van der Waals surface area contributed by atoms with E-state index >= 15 is 0 Å². The zero-order valence-electron chi connectivity index (χ0n) is 8.69. The second-order valence-electron chi connectivity index (χ2n) is 4.44. The van der Waals surface area contributed by atoms with Crippen molar-refractivity contribution in [3.05, 3.63) is 0 Å². The molecule has 2 aliphatic rings. The van der Waals surface area contributed by atoms with E-state index in [-0.39, 0.29) is 24.2 Å². The molecule has 4 heteroatoms. The Morgan fingerprint density at radius 2 is 1.93 bits per heavy atom. The molecule has 2 heterocycles. The predicted molar refractivity (Wildman–Crippen MR) is 51.8 cm³/mol. The van der Waals surface area contributed by atoms with Crippen molar-refractivity contribution >= 4 is 11.7 Å². The molecule has 0 radical (unpaired) electrons. The summed E-state index contributed by atoms with van der Waals surface area (Å²) >= 11 is 0. The monoisotopic (exact) mass is 196 g/mol. The third-order valence-electron chi connectivity index (χ3n) is 3.08. The fraction of sp³-hybridized carbons (Fsp3) is 0.800. The number of rotatable bonds is 2. The van der Waals surface area contributed by atoms with Crippen molar-refractivity contribution in [2.24, 2.45) is 0 Å².